The van der Waals surface area contributed by atoms with E-state index in [1.807, 2.05) is 43.3 Å². The second-order valence-corrected chi connectivity index (χ2v) is 4.92. The van der Waals surface area contributed by atoms with E-state index in [-0.39, 0.29) is 6.10 Å². The molecule has 2 rings (SSSR count). The van der Waals surface area contributed by atoms with E-state index in [2.05, 4.69) is 4.98 Å². The summed E-state index contributed by atoms with van der Waals surface area (Å²) in [5.41, 5.74) is 0.978. The zero-order chi connectivity index (χ0) is 12.1. The maximum atomic E-state index is 9.69. The van der Waals surface area contributed by atoms with E-state index in [0.29, 0.717) is 0 Å². The second-order valence-electron chi connectivity index (χ2n) is 3.78. The van der Waals surface area contributed by atoms with Crippen molar-refractivity contribution >= 4 is 11.8 Å². The number of hydrogen-bond donors (Lipinski definition) is 1. The third-order valence-corrected chi connectivity index (χ3v) is 3.55. The van der Waals surface area contributed by atoms with Gasteiger partial charge in [0.05, 0.1) is 6.10 Å². The Labute approximate surface area is 106 Å². The van der Waals surface area contributed by atoms with Crippen LogP contribution in [0.4, 0.5) is 0 Å². The van der Waals surface area contributed by atoms with Crippen LogP contribution in [0.1, 0.15) is 25.0 Å². The predicted octanol–water partition coefficient (Wildman–Crippen LogP) is 3.68. The van der Waals surface area contributed by atoms with E-state index in [1.165, 1.54) is 9.79 Å². The molecule has 3 heteroatoms. The number of hydrogen-bond acceptors (Lipinski definition) is 3. The lowest BCUT2D eigenvalue weighted by Gasteiger charge is -2.08. The van der Waals surface area contributed by atoms with Gasteiger partial charge in [0.2, 0.25) is 0 Å². The number of nitrogens with zero attached hydrogens (tertiary/aromatic N) is 1. The Hall–Kier alpha value is -1.32. The molecule has 0 bridgehead atoms. The van der Waals surface area contributed by atoms with Gasteiger partial charge in [-0.1, -0.05) is 30.8 Å². The maximum Gasteiger partial charge on any atom is 0.0787 e. The third kappa shape index (κ3) is 3.32. The average Bonchev–Trinajstić information content (AvgIpc) is 2.40. The van der Waals surface area contributed by atoms with Gasteiger partial charge in [-0.3, -0.25) is 4.98 Å². The molecular formula is C14H15NOS. The minimum Gasteiger partial charge on any atom is -0.388 e. The summed E-state index contributed by atoms with van der Waals surface area (Å²) in [6.45, 7) is 1.98. The normalized spacial score (nSPS) is 12.4. The summed E-state index contributed by atoms with van der Waals surface area (Å²) in [4.78, 5) is 6.33. The van der Waals surface area contributed by atoms with Crippen molar-refractivity contribution in [3.63, 3.8) is 0 Å². The van der Waals surface area contributed by atoms with Crippen molar-refractivity contribution in [3.8, 4) is 0 Å². The van der Waals surface area contributed by atoms with Crippen molar-refractivity contribution in [2.24, 2.45) is 0 Å². The number of aromatic nitrogens is 1. The van der Waals surface area contributed by atoms with E-state index < -0.39 is 0 Å². The lowest BCUT2D eigenvalue weighted by molar-refractivity contribution is 0.173. The maximum absolute atomic E-state index is 9.69. The Balaban J connectivity index is 2.08. The van der Waals surface area contributed by atoms with Gasteiger partial charge in [0, 0.05) is 22.2 Å². The van der Waals surface area contributed by atoms with Gasteiger partial charge in [-0.05, 0) is 36.2 Å². The van der Waals surface area contributed by atoms with Gasteiger partial charge in [0.15, 0.2) is 0 Å². The third-order valence-electron chi connectivity index (χ3n) is 2.54. The summed E-state index contributed by atoms with van der Waals surface area (Å²) >= 11 is 1.69. The molecule has 0 aliphatic rings. The molecule has 88 valence electrons. The van der Waals surface area contributed by atoms with Crippen LogP contribution in [0.5, 0.6) is 0 Å². The molecule has 0 amide bonds. The highest BCUT2D eigenvalue weighted by Crippen LogP contribution is 2.28. The molecule has 1 aromatic carbocycles. The quantitative estimate of drug-likeness (QED) is 0.892. The minimum atomic E-state index is -0.352. The average molecular weight is 245 g/mol. The van der Waals surface area contributed by atoms with E-state index in [9.17, 15) is 5.11 Å². The van der Waals surface area contributed by atoms with Gasteiger partial charge < -0.3 is 5.11 Å². The van der Waals surface area contributed by atoms with Crippen molar-refractivity contribution < 1.29 is 5.11 Å². The minimum absolute atomic E-state index is 0.352. The molecule has 0 spiro atoms. The Morgan fingerprint density at radius 2 is 1.65 bits per heavy atom. The second kappa shape index (κ2) is 5.84. The fourth-order valence-corrected chi connectivity index (χ4v) is 2.34. The smallest absolute Gasteiger partial charge is 0.0787 e. The Kier molecular flexibility index (Phi) is 4.18. The van der Waals surface area contributed by atoms with E-state index in [0.717, 1.165) is 12.0 Å². The van der Waals surface area contributed by atoms with E-state index >= 15 is 0 Å². The highest BCUT2D eigenvalue weighted by Gasteiger charge is 2.04. The topological polar surface area (TPSA) is 33.1 Å². The van der Waals surface area contributed by atoms with Crippen molar-refractivity contribution in [1.29, 1.82) is 0 Å². The van der Waals surface area contributed by atoms with E-state index in [4.69, 9.17) is 0 Å². The molecular weight excluding hydrogens is 230 g/mol. The van der Waals surface area contributed by atoms with Crippen molar-refractivity contribution in [2.45, 2.75) is 29.2 Å². The SMILES string of the molecule is CC[C@H](O)c1ccc(Sc2ccncc2)cc1. The Bertz CT molecular complexity index is 455. The molecule has 0 saturated carbocycles. The molecule has 2 aromatic rings. The monoisotopic (exact) mass is 245 g/mol. The molecule has 0 saturated heterocycles. The molecule has 0 unspecified atom stereocenters. The Morgan fingerprint density at radius 1 is 1.06 bits per heavy atom. The molecule has 17 heavy (non-hydrogen) atoms. The number of aliphatic hydroxyl groups excluding tert-OH is 1. The van der Waals surface area contributed by atoms with Crippen LogP contribution in [0.15, 0.2) is 58.6 Å². The Morgan fingerprint density at radius 3 is 2.24 bits per heavy atom. The van der Waals surface area contributed by atoms with Gasteiger partial charge in [0.1, 0.15) is 0 Å². The molecule has 0 aliphatic heterocycles. The highest BCUT2D eigenvalue weighted by molar-refractivity contribution is 7.99. The molecule has 2 nitrogen and oxygen atoms in total. The molecule has 1 aromatic heterocycles. The largest absolute Gasteiger partial charge is 0.388 e. The fraction of sp³-hybridized carbons (Fsp3) is 0.214. The van der Waals surface area contributed by atoms with E-state index in [1.54, 1.807) is 24.2 Å². The molecule has 1 heterocycles. The summed E-state index contributed by atoms with van der Waals surface area (Å²) in [6.07, 6.45) is 3.97. The van der Waals surface area contributed by atoms with Gasteiger partial charge in [-0.2, -0.15) is 0 Å². The van der Waals surface area contributed by atoms with Crippen molar-refractivity contribution in [1.82, 2.24) is 4.98 Å². The van der Waals surface area contributed by atoms with Crippen molar-refractivity contribution in [3.05, 3.63) is 54.4 Å². The zero-order valence-corrected chi connectivity index (χ0v) is 10.5. The first-order chi connectivity index (χ1) is 8.29. The van der Waals surface area contributed by atoms with Crippen LogP contribution in [-0.2, 0) is 0 Å². The van der Waals surface area contributed by atoms with Crippen molar-refractivity contribution in [2.75, 3.05) is 0 Å². The molecule has 1 N–H and O–H groups in total. The molecule has 1 atom stereocenters. The first-order valence-electron chi connectivity index (χ1n) is 5.65. The van der Waals surface area contributed by atoms with Crippen LogP contribution in [-0.4, -0.2) is 10.1 Å². The summed E-state index contributed by atoms with van der Waals surface area (Å²) in [6, 6.07) is 12.0. The van der Waals surface area contributed by atoms with Gasteiger partial charge >= 0.3 is 0 Å². The van der Waals surface area contributed by atoms with Crippen LogP contribution < -0.4 is 0 Å². The number of benzene rings is 1. The first-order valence-corrected chi connectivity index (χ1v) is 6.47. The molecule has 0 aliphatic carbocycles. The van der Waals surface area contributed by atoms with Gasteiger partial charge in [-0.25, -0.2) is 0 Å². The first kappa shape index (κ1) is 12.1. The lowest BCUT2D eigenvalue weighted by atomic mass is 10.1. The number of pyridine rings is 1. The lowest BCUT2D eigenvalue weighted by Crippen LogP contribution is -1.93. The van der Waals surface area contributed by atoms with Crippen LogP contribution in [0.3, 0.4) is 0 Å². The summed E-state index contributed by atoms with van der Waals surface area (Å²) in [5, 5.41) is 9.69. The zero-order valence-electron chi connectivity index (χ0n) is 9.71. The highest BCUT2D eigenvalue weighted by atomic mass is 32.2. The van der Waals surface area contributed by atoms with Gasteiger partial charge in [0.25, 0.3) is 0 Å². The van der Waals surface area contributed by atoms with Gasteiger partial charge in [-0.15, -0.1) is 0 Å². The number of rotatable bonds is 4. The molecule has 0 fully saturated rings. The molecule has 0 radical (unpaired) electrons. The van der Waals surface area contributed by atoms with Crippen LogP contribution in [0.2, 0.25) is 0 Å². The summed E-state index contributed by atoms with van der Waals surface area (Å²) in [5.74, 6) is 0. The number of aliphatic hydroxyl groups is 1. The summed E-state index contributed by atoms with van der Waals surface area (Å²) in [7, 11) is 0. The predicted molar refractivity (Wildman–Crippen MR) is 70.1 cm³/mol. The van der Waals surface area contributed by atoms with Crippen LogP contribution in [0, 0.1) is 0 Å². The fourth-order valence-electron chi connectivity index (χ4n) is 1.54. The standard InChI is InChI=1S/C14H15NOS/c1-2-14(16)11-3-5-12(6-4-11)17-13-7-9-15-10-8-13/h3-10,14,16H,2H2,1H3/t14-/m0/s1. The summed E-state index contributed by atoms with van der Waals surface area (Å²) < 4.78 is 0. The van der Waals surface area contributed by atoms with Crippen LogP contribution >= 0.6 is 11.8 Å². The van der Waals surface area contributed by atoms with Crippen LogP contribution in [0.25, 0.3) is 0 Å².